The maximum Gasteiger partial charge on any atom is 0.263 e. The Bertz CT molecular complexity index is 880. The van der Waals surface area contributed by atoms with Crippen molar-refractivity contribution in [1.29, 1.82) is 0 Å². The highest BCUT2D eigenvalue weighted by atomic mass is 32.2. The predicted molar refractivity (Wildman–Crippen MR) is 120 cm³/mol. The van der Waals surface area contributed by atoms with E-state index in [9.17, 15) is 14.4 Å². The van der Waals surface area contributed by atoms with Gasteiger partial charge in [-0.3, -0.25) is 19.3 Å². The number of anilines is 1. The third-order valence-electron chi connectivity index (χ3n) is 6.82. The van der Waals surface area contributed by atoms with E-state index in [1.807, 2.05) is 28.8 Å². The summed E-state index contributed by atoms with van der Waals surface area (Å²) in [6, 6.07) is 5.51. The largest absolute Gasteiger partial charge is 0.376 e. The van der Waals surface area contributed by atoms with Crippen molar-refractivity contribution in [2.75, 3.05) is 55.7 Å². The first-order valence-corrected chi connectivity index (χ1v) is 12.5. The maximum atomic E-state index is 13.3. The fourth-order valence-electron chi connectivity index (χ4n) is 5.18. The molecule has 0 aliphatic carbocycles. The van der Waals surface area contributed by atoms with Gasteiger partial charge in [-0.2, -0.15) is 11.8 Å². The number of nitrogens with zero attached hydrogens (tertiary/aromatic N) is 3. The van der Waals surface area contributed by atoms with Crippen LogP contribution in [0, 0.1) is 5.92 Å². The van der Waals surface area contributed by atoms with Gasteiger partial charge in [-0.1, -0.05) is 6.07 Å². The van der Waals surface area contributed by atoms with E-state index in [-0.39, 0.29) is 29.7 Å². The number of imide groups is 1. The van der Waals surface area contributed by atoms with Crippen LogP contribution in [0.4, 0.5) is 5.69 Å². The van der Waals surface area contributed by atoms with Gasteiger partial charge in [0.05, 0.1) is 35.4 Å². The van der Waals surface area contributed by atoms with Crippen molar-refractivity contribution in [3.8, 4) is 0 Å². The summed E-state index contributed by atoms with van der Waals surface area (Å²) in [6.07, 6.45) is 3.57. The van der Waals surface area contributed by atoms with E-state index < -0.39 is 0 Å². The average molecular weight is 444 g/mol. The van der Waals surface area contributed by atoms with E-state index in [1.54, 1.807) is 6.07 Å². The molecule has 3 fully saturated rings. The van der Waals surface area contributed by atoms with Crippen LogP contribution in [0.25, 0.3) is 0 Å². The first kappa shape index (κ1) is 20.8. The minimum atomic E-state index is -0.229. The van der Waals surface area contributed by atoms with Crippen LogP contribution >= 0.6 is 11.8 Å². The standard InChI is InChI=1S/C23H29N3O4S/c27-21(24-9-12-31-13-10-24)16-4-2-8-25(14-16)19-7-1-6-18-20(19)23(29)26(22(18)28)15-17-5-3-11-30-17/h1,6-7,16-17H,2-5,8-15H2/t16-,17-/m0/s1. The molecule has 0 bridgehead atoms. The van der Waals surface area contributed by atoms with Crippen LogP contribution in [0.3, 0.4) is 0 Å². The minimum Gasteiger partial charge on any atom is -0.376 e. The summed E-state index contributed by atoms with van der Waals surface area (Å²) in [5.41, 5.74) is 1.76. The zero-order valence-electron chi connectivity index (χ0n) is 17.8. The van der Waals surface area contributed by atoms with Gasteiger partial charge >= 0.3 is 0 Å². The topological polar surface area (TPSA) is 70.2 Å². The van der Waals surface area contributed by atoms with Gasteiger partial charge in [-0.05, 0) is 37.8 Å². The molecule has 7 nitrogen and oxygen atoms in total. The highest BCUT2D eigenvalue weighted by molar-refractivity contribution is 7.99. The van der Waals surface area contributed by atoms with E-state index in [1.165, 1.54) is 4.90 Å². The Kier molecular flexibility index (Phi) is 5.93. The van der Waals surface area contributed by atoms with Crippen LogP contribution in [-0.2, 0) is 9.53 Å². The number of amides is 3. The van der Waals surface area contributed by atoms with Crippen molar-refractivity contribution in [2.45, 2.75) is 31.8 Å². The van der Waals surface area contributed by atoms with Crippen molar-refractivity contribution in [1.82, 2.24) is 9.80 Å². The molecule has 0 radical (unpaired) electrons. The van der Waals surface area contributed by atoms with E-state index >= 15 is 0 Å². The molecule has 4 aliphatic heterocycles. The minimum absolute atomic E-state index is 0.0529. The van der Waals surface area contributed by atoms with E-state index in [0.717, 1.165) is 62.5 Å². The number of rotatable bonds is 4. The van der Waals surface area contributed by atoms with Crippen molar-refractivity contribution in [3.63, 3.8) is 0 Å². The van der Waals surface area contributed by atoms with E-state index in [2.05, 4.69) is 4.90 Å². The van der Waals surface area contributed by atoms with Crippen LogP contribution in [0.1, 0.15) is 46.4 Å². The SMILES string of the molecule is O=C([C@H]1CCCN(c2cccc3c2C(=O)N(C[C@@H]2CCCO2)C3=O)C1)N1CCSCC1. The molecule has 1 aromatic carbocycles. The molecule has 166 valence electrons. The summed E-state index contributed by atoms with van der Waals surface area (Å²) in [4.78, 5) is 44.8. The molecule has 5 rings (SSSR count). The lowest BCUT2D eigenvalue weighted by molar-refractivity contribution is -0.135. The Morgan fingerprint density at radius 2 is 1.90 bits per heavy atom. The number of benzene rings is 1. The molecule has 0 spiro atoms. The number of hydrogen-bond acceptors (Lipinski definition) is 6. The molecule has 3 amide bonds. The van der Waals surface area contributed by atoms with Crippen LogP contribution in [-0.4, -0.2) is 84.5 Å². The second kappa shape index (κ2) is 8.82. The number of fused-ring (bicyclic) bond motifs is 1. The van der Waals surface area contributed by atoms with Gasteiger partial charge < -0.3 is 14.5 Å². The second-order valence-electron chi connectivity index (χ2n) is 8.78. The average Bonchev–Trinajstić information content (AvgIpc) is 3.42. The molecule has 0 unspecified atom stereocenters. The number of ether oxygens (including phenoxy) is 1. The summed E-state index contributed by atoms with van der Waals surface area (Å²) in [6.45, 7) is 4.06. The van der Waals surface area contributed by atoms with Gasteiger partial charge in [0, 0.05) is 44.3 Å². The molecule has 4 heterocycles. The van der Waals surface area contributed by atoms with E-state index in [4.69, 9.17) is 4.74 Å². The third-order valence-corrected chi connectivity index (χ3v) is 7.76. The fourth-order valence-corrected chi connectivity index (χ4v) is 6.08. The summed E-state index contributed by atoms with van der Waals surface area (Å²) in [5, 5.41) is 0. The number of carbonyl (C=O) groups is 3. The normalized spacial score (nSPS) is 26.5. The number of hydrogen-bond donors (Lipinski definition) is 0. The Hall–Kier alpha value is -2.06. The lowest BCUT2D eigenvalue weighted by Gasteiger charge is -2.37. The van der Waals surface area contributed by atoms with Gasteiger partial charge in [0.25, 0.3) is 11.8 Å². The smallest absolute Gasteiger partial charge is 0.263 e. The Morgan fingerprint density at radius 3 is 2.68 bits per heavy atom. The van der Waals surface area contributed by atoms with Gasteiger partial charge in [-0.25, -0.2) is 0 Å². The van der Waals surface area contributed by atoms with Gasteiger partial charge in [0.15, 0.2) is 0 Å². The summed E-state index contributed by atoms with van der Waals surface area (Å²) in [5.74, 6) is 1.74. The van der Waals surface area contributed by atoms with Crippen molar-refractivity contribution in [2.24, 2.45) is 5.92 Å². The van der Waals surface area contributed by atoms with Crippen molar-refractivity contribution in [3.05, 3.63) is 29.3 Å². The molecule has 2 atom stereocenters. The van der Waals surface area contributed by atoms with Crippen LogP contribution in [0.2, 0.25) is 0 Å². The molecule has 31 heavy (non-hydrogen) atoms. The first-order valence-electron chi connectivity index (χ1n) is 11.4. The molecule has 1 aromatic rings. The second-order valence-corrected chi connectivity index (χ2v) is 10.0. The quantitative estimate of drug-likeness (QED) is 0.665. The van der Waals surface area contributed by atoms with Crippen LogP contribution in [0.5, 0.6) is 0 Å². The molecular weight excluding hydrogens is 414 g/mol. The van der Waals surface area contributed by atoms with Gasteiger partial charge in [0.2, 0.25) is 5.91 Å². The van der Waals surface area contributed by atoms with Crippen LogP contribution in [0.15, 0.2) is 18.2 Å². The van der Waals surface area contributed by atoms with Crippen molar-refractivity contribution < 1.29 is 19.1 Å². The molecule has 3 saturated heterocycles. The fraction of sp³-hybridized carbons (Fsp3) is 0.609. The van der Waals surface area contributed by atoms with Crippen LogP contribution < -0.4 is 4.90 Å². The lowest BCUT2D eigenvalue weighted by atomic mass is 9.94. The molecule has 4 aliphatic rings. The molecule has 0 saturated carbocycles. The molecule has 8 heteroatoms. The Morgan fingerprint density at radius 1 is 1.06 bits per heavy atom. The van der Waals surface area contributed by atoms with Crippen molar-refractivity contribution >= 4 is 35.2 Å². The number of piperidine rings is 1. The number of carbonyl (C=O) groups excluding carboxylic acids is 3. The van der Waals surface area contributed by atoms with Gasteiger partial charge in [0.1, 0.15) is 0 Å². The maximum absolute atomic E-state index is 13.3. The zero-order chi connectivity index (χ0) is 21.4. The molecular formula is C23H29N3O4S. The first-order chi connectivity index (χ1) is 15.1. The summed E-state index contributed by atoms with van der Waals surface area (Å²) < 4.78 is 5.65. The summed E-state index contributed by atoms with van der Waals surface area (Å²) in [7, 11) is 0. The summed E-state index contributed by atoms with van der Waals surface area (Å²) >= 11 is 1.90. The predicted octanol–water partition coefficient (Wildman–Crippen LogP) is 2.25. The third kappa shape index (κ3) is 3.96. The molecule has 0 N–H and O–H groups in total. The molecule has 0 aromatic heterocycles. The Balaban J connectivity index is 1.35. The van der Waals surface area contributed by atoms with Gasteiger partial charge in [-0.15, -0.1) is 0 Å². The Labute approximate surface area is 187 Å². The monoisotopic (exact) mass is 443 g/mol. The zero-order valence-corrected chi connectivity index (χ0v) is 18.6. The van der Waals surface area contributed by atoms with E-state index in [0.29, 0.717) is 30.8 Å². The lowest BCUT2D eigenvalue weighted by Crippen LogP contribution is -2.47. The highest BCUT2D eigenvalue weighted by Gasteiger charge is 2.41. The highest BCUT2D eigenvalue weighted by Crippen LogP contribution is 2.35. The number of thioether (sulfide) groups is 1.